The topological polar surface area (TPSA) is 66.6 Å². The lowest BCUT2D eigenvalue weighted by Gasteiger charge is -2.50. The third-order valence-corrected chi connectivity index (χ3v) is 4.99. The minimum absolute atomic E-state index is 0.0417. The lowest BCUT2D eigenvalue weighted by Crippen LogP contribution is -2.51. The van der Waals surface area contributed by atoms with Crippen LogP contribution in [0.1, 0.15) is 38.4 Å². The monoisotopic (exact) mass is 267 g/mol. The van der Waals surface area contributed by atoms with Crippen molar-refractivity contribution in [1.29, 1.82) is 5.26 Å². The van der Waals surface area contributed by atoms with Crippen LogP contribution in [0.25, 0.3) is 0 Å². The van der Waals surface area contributed by atoms with Gasteiger partial charge in [-0.1, -0.05) is 26.8 Å². The largest absolute Gasteiger partial charge is 0.293 e. The van der Waals surface area contributed by atoms with Crippen molar-refractivity contribution in [1.82, 2.24) is 9.97 Å². The van der Waals surface area contributed by atoms with Crippen molar-refractivity contribution in [2.45, 2.75) is 39.0 Å². The van der Waals surface area contributed by atoms with Crippen LogP contribution in [-0.4, -0.2) is 15.8 Å². The smallest absolute Gasteiger partial charge is 0.178 e. The molecule has 0 bridgehead atoms. The molecule has 0 saturated heterocycles. The molecule has 4 heteroatoms. The van der Waals surface area contributed by atoms with Gasteiger partial charge in [0.2, 0.25) is 0 Å². The number of carbonyl (C=O) groups is 1. The average molecular weight is 267 g/mol. The van der Waals surface area contributed by atoms with Gasteiger partial charge in [0, 0.05) is 17.0 Å². The highest BCUT2D eigenvalue weighted by atomic mass is 16.1. The van der Waals surface area contributed by atoms with Crippen LogP contribution >= 0.6 is 0 Å². The van der Waals surface area contributed by atoms with Crippen molar-refractivity contribution in [3.8, 4) is 6.07 Å². The van der Waals surface area contributed by atoms with Crippen LogP contribution < -0.4 is 0 Å². The maximum Gasteiger partial charge on any atom is 0.178 e. The molecule has 2 aliphatic rings. The van der Waals surface area contributed by atoms with Crippen molar-refractivity contribution in [2.24, 2.45) is 11.3 Å². The van der Waals surface area contributed by atoms with Crippen molar-refractivity contribution < 1.29 is 4.79 Å². The Morgan fingerprint density at radius 2 is 2.15 bits per heavy atom. The molecule has 1 aromatic heterocycles. The van der Waals surface area contributed by atoms with Crippen LogP contribution in [-0.2, 0) is 16.6 Å². The SMILES string of the molecule is CC1(C)C(=O)C(C#N)=C[C@]2(C)c3ncncc3CCC12. The second kappa shape index (κ2) is 3.99. The number of allylic oxidation sites excluding steroid dienone is 2. The summed E-state index contributed by atoms with van der Waals surface area (Å²) < 4.78 is 0. The van der Waals surface area contributed by atoms with E-state index < -0.39 is 5.41 Å². The van der Waals surface area contributed by atoms with Crippen molar-refractivity contribution in [2.75, 3.05) is 0 Å². The van der Waals surface area contributed by atoms with Crippen LogP contribution in [0.2, 0.25) is 0 Å². The molecule has 0 fully saturated rings. The van der Waals surface area contributed by atoms with Gasteiger partial charge in [0.05, 0.1) is 11.3 Å². The van der Waals surface area contributed by atoms with Gasteiger partial charge in [-0.2, -0.15) is 5.26 Å². The normalized spacial score (nSPS) is 30.8. The van der Waals surface area contributed by atoms with E-state index >= 15 is 0 Å². The molecule has 0 spiro atoms. The summed E-state index contributed by atoms with van der Waals surface area (Å²) in [6, 6.07) is 2.07. The van der Waals surface area contributed by atoms with Crippen molar-refractivity contribution >= 4 is 5.78 Å². The van der Waals surface area contributed by atoms with Gasteiger partial charge in [0.15, 0.2) is 5.78 Å². The Morgan fingerprint density at radius 3 is 2.85 bits per heavy atom. The first-order valence-corrected chi connectivity index (χ1v) is 6.88. The fourth-order valence-corrected chi connectivity index (χ4v) is 4.02. The van der Waals surface area contributed by atoms with Crippen LogP contribution in [0.3, 0.4) is 0 Å². The minimum atomic E-state index is -0.531. The first kappa shape index (κ1) is 13.0. The lowest BCUT2D eigenvalue weighted by atomic mass is 9.52. The zero-order chi connectivity index (χ0) is 14.5. The van der Waals surface area contributed by atoms with Gasteiger partial charge in [-0.3, -0.25) is 4.79 Å². The Hall–Kier alpha value is -2.02. The average Bonchev–Trinajstić information content (AvgIpc) is 2.43. The summed E-state index contributed by atoms with van der Waals surface area (Å²) in [5, 5.41) is 9.27. The maximum atomic E-state index is 12.5. The zero-order valence-corrected chi connectivity index (χ0v) is 12.0. The van der Waals surface area contributed by atoms with Gasteiger partial charge in [-0.15, -0.1) is 0 Å². The highest BCUT2D eigenvalue weighted by Gasteiger charge is 2.54. The molecule has 2 atom stereocenters. The van der Waals surface area contributed by atoms with Gasteiger partial charge < -0.3 is 0 Å². The first-order valence-electron chi connectivity index (χ1n) is 6.88. The third kappa shape index (κ3) is 1.49. The molecule has 1 aromatic rings. The fraction of sp³-hybridized carbons (Fsp3) is 0.500. The van der Waals surface area contributed by atoms with E-state index in [9.17, 15) is 10.1 Å². The van der Waals surface area contributed by atoms with E-state index in [2.05, 4.69) is 23.0 Å². The molecule has 0 N–H and O–H groups in total. The summed E-state index contributed by atoms with van der Waals surface area (Å²) in [7, 11) is 0. The number of aryl methyl sites for hydroxylation is 1. The fourth-order valence-electron chi connectivity index (χ4n) is 4.02. The molecule has 1 heterocycles. The van der Waals surface area contributed by atoms with E-state index in [1.807, 2.05) is 26.1 Å². The Labute approximate surface area is 118 Å². The van der Waals surface area contributed by atoms with Crippen LogP contribution in [0, 0.1) is 22.7 Å². The van der Waals surface area contributed by atoms with Crippen molar-refractivity contribution in [3.05, 3.63) is 35.4 Å². The number of hydrogen-bond acceptors (Lipinski definition) is 4. The number of nitrogens with zero attached hydrogens (tertiary/aromatic N) is 3. The van der Waals surface area contributed by atoms with Crippen LogP contribution in [0.15, 0.2) is 24.2 Å². The molecule has 0 saturated carbocycles. The van der Waals surface area contributed by atoms with Gasteiger partial charge in [0.25, 0.3) is 0 Å². The number of aromatic nitrogens is 2. The quantitative estimate of drug-likeness (QED) is 0.723. The number of fused-ring (bicyclic) bond motifs is 3. The Kier molecular flexibility index (Phi) is 2.59. The minimum Gasteiger partial charge on any atom is -0.293 e. The van der Waals surface area contributed by atoms with Crippen LogP contribution in [0.5, 0.6) is 0 Å². The molecule has 0 amide bonds. The van der Waals surface area contributed by atoms with E-state index in [0.717, 1.165) is 24.1 Å². The lowest BCUT2D eigenvalue weighted by molar-refractivity contribution is -0.128. The Bertz CT molecular complexity index is 669. The standard InChI is InChI=1S/C16H17N3O/c1-15(2)12-5-4-10-8-18-9-19-13(10)16(12,3)6-11(7-17)14(15)20/h6,8-9,12H,4-5H2,1-3H3/t12?,16-/m0/s1. The molecule has 4 nitrogen and oxygen atoms in total. The summed E-state index contributed by atoms with van der Waals surface area (Å²) in [6.45, 7) is 6.00. The summed E-state index contributed by atoms with van der Waals surface area (Å²) in [5.41, 5.74) is 1.47. The molecule has 0 aliphatic heterocycles. The van der Waals surface area contributed by atoms with E-state index in [-0.39, 0.29) is 22.7 Å². The maximum absolute atomic E-state index is 12.5. The highest BCUT2D eigenvalue weighted by Crippen LogP contribution is 2.53. The van der Waals surface area contributed by atoms with E-state index in [4.69, 9.17) is 0 Å². The number of carbonyl (C=O) groups excluding carboxylic acids is 1. The summed E-state index contributed by atoms with van der Waals surface area (Å²) >= 11 is 0. The van der Waals surface area contributed by atoms with Gasteiger partial charge >= 0.3 is 0 Å². The molecule has 0 radical (unpaired) electrons. The Balaban J connectivity index is 2.28. The van der Waals surface area contributed by atoms with E-state index in [1.165, 1.54) is 0 Å². The molecule has 3 rings (SSSR count). The predicted molar refractivity (Wildman–Crippen MR) is 73.7 cm³/mol. The number of nitriles is 1. The first-order chi connectivity index (χ1) is 9.41. The highest BCUT2D eigenvalue weighted by molar-refractivity contribution is 6.04. The van der Waals surface area contributed by atoms with Gasteiger partial charge in [0.1, 0.15) is 12.4 Å². The van der Waals surface area contributed by atoms with Gasteiger partial charge in [-0.25, -0.2) is 9.97 Å². The molecular formula is C16H17N3O. The summed E-state index contributed by atoms with van der Waals surface area (Å²) in [5.74, 6) is 0.127. The summed E-state index contributed by atoms with van der Waals surface area (Å²) in [4.78, 5) is 21.0. The van der Waals surface area contributed by atoms with E-state index in [1.54, 1.807) is 6.33 Å². The molecular weight excluding hydrogens is 250 g/mol. The second-order valence-corrected chi connectivity index (χ2v) is 6.49. The zero-order valence-electron chi connectivity index (χ0n) is 12.0. The van der Waals surface area contributed by atoms with Crippen molar-refractivity contribution in [3.63, 3.8) is 0 Å². The second-order valence-electron chi connectivity index (χ2n) is 6.49. The molecule has 20 heavy (non-hydrogen) atoms. The number of hydrogen-bond donors (Lipinski definition) is 0. The van der Waals surface area contributed by atoms with E-state index in [0.29, 0.717) is 0 Å². The van der Waals surface area contributed by atoms with Crippen LogP contribution in [0.4, 0.5) is 0 Å². The third-order valence-electron chi connectivity index (χ3n) is 4.99. The molecule has 102 valence electrons. The van der Waals surface area contributed by atoms with Gasteiger partial charge in [-0.05, 0) is 24.3 Å². The summed E-state index contributed by atoms with van der Waals surface area (Å²) in [6.07, 6.45) is 7.05. The number of ketones is 1. The molecule has 2 aliphatic carbocycles. The Morgan fingerprint density at radius 1 is 1.40 bits per heavy atom. The number of Topliss-reactive ketones (excluding diaryl/α,β-unsaturated/α-hetero) is 1. The molecule has 1 unspecified atom stereocenters. The predicted octanol–water partition coefficient (Wildman–Crippen LogP) is 2.36. The molecule has 0 aromatic carbocycles. The number of rotatable bonds is 0.